The van der Waals surface area contributed by atoms with Crippen LogP contribution < -0.4 is 11.3 Å². The van der Waals surface area contributed by atoms with Crippen LogP contribution in [0.3, 0.4) is 0 Å². The lowest BCUT2D eigenvalue weighted by atomic mass is 10.2. The average Bonchev–Trinajstić information content (AvgIpc) is 3.05. The molecule has 3 N–H and O–H groups in total. The highest BCUT2D eigenvalue weighted by Crippen LogP contribution is 2.36. The van der Waals surface area contributed by atoms with E-state index in [-0.39, 0.29) is 0 Å². The number of benzene rings is 1. The molecule has 1 unspecified atom stereocenters. The van der Waals surface area contributed by atoms with Crippen molar-refractivity contribution in [1.29, 1.82) is 0 Å². The van der Waals surface area contributed by atoms with Crippen molar-refractivity contribution in [3.63, 3.8) is 0 Å². The molecule has 0 aliphatic rings. The van der Waals surface area contributed by atoms with Crippen molar-refractivity contribution in [2.24, 2.45) is 5.84 Å². The molecule has 0 saturated carbocycles. The summed E-state index contributed by atoms with van der Waals surface area (Å²) in [6.07, 6.45) is -3.30. The lowest BCUT2D eigenvalue weighted by Gasteiger charge is -2.10. The van der Waals surface area contributed by atoms with Crippen molar-refractivity contribution in [2.45, 2.75) is 12.2 Å². The maximum Gasteiger partial charge on any atom is 0.443 e. The number of hydrogen-bond donors (Lipinski definition) is 2. The molecule has 0 bridgehead atoms. The standard InChI is InChI=1S/C13H10F3N3OS/c14-13(15,16)12-18-6-10(21-12)11(19-17)9-5-7-3-1-2-4-8(7)20-9/h1-6,11,19H,17H2. The first-order valence-corrected chi connectivity index (χ1v) is 6.78. The first kappa shape index (κ1) is 14.1. The topological polar surface area (TPSA) is 64.1 Å². The van der Waals surface area contributed by atoms with Gasteiger partial charge in [-0.25, -0.2) is 10.4 Å². The molecule has 3 rings (SSSR count). The molecular weight excluding hydrogens is 303 g/mol. The lowest BCUT2D eigenvalue weighted by molar-refractivity contribution is -0.137. The van der Waals surface area contributed by atoms with Crippen molar-refractivity contribution in [3.8, 4) is 0 Å². The zero-order chi connectivity index (χ0) is 15.0. The van der Waals surface area contributed by atoms with Gasteiger partial charge in [0.1, 0.15) is 17.4 Å². The number of nitrogens with one attached hydrogen (secondary N) is 1. The Morgan fingerprint density at radius 3 is 2.67 bits per heavy atom. The molecule has 1 aromatic carbocycles. The third-order valence-electron chi connectivity index (χ3n) is 2.95. The number of nitrogens with zero attached hydrogens (tertiary/aromatic N) is 1. The van der Waals surface area contributed by atoms with Gasteiger partial charge in [-0.2, -0.15) is 13.2 Å². The van der Waals surface area contributed by atoms with Crippen molar-refractivity contribution in [2.75, 3.05) is 0 Å². The molecule has 0 spiro atoms. The number of hydrazine groups is 1. The van der Waals surface area contributed by atoms with Gasteiger partial charge in [0.2, 0.25) is 0 Å². The molecule has 0 aliphatic carbocycles. The molecule has 0 amide bonds. The van der Waals surface area contributed by atoms with Crippen LogP contribution in [0, 0.1) is 0 Å². The Kier molecular flexibility index (Phi) is 3.44. The summed E-state index contributed by atoms with van der Waals surface area (Å²) >= 11 is 0.539. The van der Waals surface area contributed by atoms with Gasteiger partial charge in [-0.05, 0) is 12.1 Å². The second-order valence-electron chi connectivity index (χ2n) is 4.35. The van der Waals surface area contributed by atoms with E-state index in [4.69, 9.17) is 10.3 Å². The van der Waals surface area contributed by atoms with Crippen LogP contribution in [0.1, 0.15) is 21.7 Å². The maximum absolute atomic E-state index is 12.6. The minimum Gasteiger partial charge on any atom is -0.459 e. The first-order chi connectivity index (χ1) is 9.99. The summed E-state index contributed by atoms with van der Waals surface area (Å²) in [5, 5.41) is -0.0535. The van der Waals surface area contributed by atoms with Crippen LogP contribution in [-0.2, 0) is 6.18 Å². The summed E-state index contributed by atoms with van der Waals surface area (Å²) in [6, 6.07) is 8.36. The maximum atomic E-state index is 12.6. The monoisotopic (exact) mass is 313 g/mol. The van der Waals surface area contributed by atoms with Crippen molar-refractivity contribution in [3.05, 3.63) is 52.2 Å². The van der Waals surface area contributed by atoms with Gasteiger partial charge < -0.3 is 4.42 Å². The van der Waals surface area contributed by atoms with Crippen LogP contribution in [0.4, 0.5) is 13.2 Å². The van der Waals surface area contributed by atoms with E-state index in [1.165, 1.54) is 0 Å². The van der Waals surface area contributed by atoms with E-state index in [9.17, 15) is 13.2 Å². The highest BCUT2D eigenvalue weighted by molar-refractivity contribution is 7.11. The van der Waals surface area contributed by atoms with Crippen molar-refractivity contribution >= 4 is 22.3 Å². The normalized spacial score (nSPS) is 13.7. The largest absolute Gasteiger partial charge is 0.459 e. The first-order valence-electron chi connectivity index (χ1n) is 5.96. The van der Waals surface area contributed by atoms with Gasteiger partial charge in [-0.1, -0.05) is 18.2 Å². The highest BCUT2D eigenvalue weighted by atomic mass is 32.1. The molecule has 8 heteroatoms. The van der Waals surface area contributed by atoms with Gasteiger partial charge in [-0.15, -0.1) is 11.3 Å². The van der Waals surface area contributed by atoms with E-state index in [1.54, 1.807) is 12.1 Å². The van der Waals surface area contributed by atoms with E-state index in [1.807, 2.05) is 18.2 Å². The summed E-state index contributed by atoms with van der Waals surface area (Å²) in [7, 11) is 0. The van der Waals surface area contributed by atoms with Gasteiger partial charge in [0, 0.05) is 11.6 Å². The molecule has 2 aromatic heterocycles. The molecule has 4 nitrogen and oxygen atoms in total. The lowest BCUT2D eigenvalue weighted by Crippen LogP contribution is -2.27. The molecule has 1 atom stereocenters. The minimum absolute atomic E-state index is 0.337. The molecule has 0 aliphatic heterocycles. The molecule has 2 heterocycles. The number of thiazole rings is 1. The van der Waals surface area contributed by atoms with Gasteiger partial charge in [-0.3, -0.25) is 5.84 Å². The van der Waals surface area contributed by atoms with E-state index in [0.717, 1.165) is 11.6 Å². The van der Waals surface area contributed by atoms with E-state index >= 15 is 0 Å². The molecule has 0 radical (unpaired) electrons. The quantitative estimate of drug-likeness (QED) is 0.574. The summed E-state index contributed by atoms with van der Waals surface area (Å²) in [5.41, 5.74) is 3.12. The SMILES string of the molecule is NNC(c1cc2ccccc2o1)c1cnc(C(F)(F)F)s1. The van der Waals surface area contributed by atoms with Crippen LogP contribution in [0.25, 0.3) is 11.0 Å². The van der Waals surface area contributed by atoms with Crippen molar-refractivity contribution in [1.82, 2.24) is 10.4 Å². The second kappa shape index (κ2) is 5.14. The van der Waals surface area contributed by atoms with E-state index in [2.05, 4.69) is 10.4 Å². The number of rotatable bonds is 3. The number of halogens is 3. The zero-order valence-corrected chi connectivity index (χ0v) is 11.3. The Balaban J connectivity index is 1.99. The smallest absolute Gasteiger partial charge is 0.443 e. The molecule has 0 fully saturated rings. The third kappa shape index (κ3) is 2.65. The number of hydrogen-bond acceptors (Lipinski definition) is 5. The fourth-order valence-corrected chi connectivity index (χ4v) is 2.85. The van der Waals surface area contributed by atoms with E-state index in [0.29, 0.717) is 27.6 Å². The van der Waals surface area contributed by atoms with Gasteiger partial charge >= 0.3 is 6.18 Å². The van der Waals surface area contributed by atoms with Gasteiger partial charge in [0.25, 0.3) is 0 Å². The summed E-state index contributed by atoms with van der Waals surface area (Å²) in [4.78, 5) is 3.73. The Morgan fingerprint density at radius 2 is 2.05 bits per heavy atom. The molecule has 110 valence electrons. The summed E-state index contributed by atoms with van der Waals surface area (Å²) in [5.74, 6) is 5.91. The van der Waals surface area contributed by atoms with Crippen LogP contribution in [0.15, 0.2) is 40.9 Å². The van der Waals surface area contributed by atoms with Crippen LogP contribution >= 0.6 is 11.3 Å². The number of fused-ring (bicyclic) bond motifs is 1. The molecule has 3 aromatic rings. The Bertz CT molecular complexity index is 732. The third-order valence-corrected chi connectivity index (χ3v) is 4.05. The van der Waals surface area contributed by atoms with Crippen LogP contribution in [-0.4, -0.2) is 4.98 Å². The fraction of sp³-hybridized carbons (Fsp3) is 0.154. The fourth-order valence-electron chi connectivity index (χ4n) is 2.00. The van der Waals surface area contributed by atoms with Crippen molar-refractivity contribution < 1.29 is 17.6 Å². The van der Waals surface area contributed by atoms with E-state index < -0.39 is 17.2 Å². The number of para-hydroxylation sites is 1. The predicted octanol–water partition coefficient (Wildman–Crippen LogP) is 3.46. The average molecular weight is 313 g/mol. The predicted molar refractivity (Wildman–Crippen MR) is 72.5 cm³/mol. The van der Waals surface area contributed by atoms with Gasteiger partial charge in [0.15, 0.2) is 5.01 Å². The highest BCUT2D eigenvalue weighted by Gasteiger charge is 2.35. The Labute approximate surface area is 121 Å². The second-order valence-corrected chi connectivity index (χ2v) is 5.41. The van der Waals surface area contributed by atoms with Crippen LogP contribution in [0.2, 0.25) is 0 Å². The molecule has 21 heavy (non-hydrogen) atoms. The zero-order valence-electron chi connectivity index (χ0n) is 10.5. The van der Waals surface area contributed by atoms with Crippen LogP contribution in [0.5, 0.6) is 0 Å². The summed E-state index contributed by atoms with van der Waals surface area (Å²) in [6.45, 7) is 0. The number of furan rings is 1. The van der Waals surface area contributed by atoms with Gasteiger partial charge in [0.05, 0.1) is 4.88 Å². The number of alkyl halides is 3. The minimum atomic E-state index is -4.46. The Morgan fingerprint density at radius 1 is 1.29 bits per heavy atom. The Hall–Kier alpha value is -1.90. The number of nitrogens with two attached hydrogens (primary N) is 1. The molecular formula is C13H10F3N3OS. The number of aromatic nitrogens is 1. The summed E-state index contributed by atoms with van der Waals surface area (Å²) < 4.78 is 43.5. The molecule has 0 saturated heterocycles.